The number of hydrogen-bond donors (Lipinski definition) is 1. The van der Waals surface area contributed by atoms with Crippen LogP contribution in [-0.2, 0) is 11.3 Å². The molecule has 1 aromatic rings. The third-order valence-electron chi connectivity index (χ3n) is 2.83. The summed E-state index contributed by atoms with van der Waals surface area (Å²) in [6.45, 7) is 7.18. The van der Waals surface area contributed by atoms with Gasteiger partial charge in [0.2, 0.25) is 0 Å². The summed E-state index contributed by atoms with van der Waals surface area (Å²) in [7, 11) is 1.75. The van der Waals surface area contributed by atoms with Gasteiger partial charge in [-0.15, -0.1) is 0 Å². The maximum absolute atomic E-state index is 5.84. The first-order chi connectivity index (χ1) is 8.03. The first-order valence-electron chi connectivity index (χ1n) is 5.98. The Morgan fingerprint density at radius 3 is 2.47 bits per heavy atom. The Kier molecular flexibility index (Phi) is 5.96. The summed E-state index contributed by atoms with van der Waals surface area (Å²) < 4.78 is 5.11. The minimum atomic E-state index is 0.266. The van der Waals surface area contributed by atoms with Gasteiger partial charge in [0.25, 0.3) is 0 Å². The summed E-state index contributed by atoms with van der Waals surface area (Å²) >= 11 is 5.84. The van der Waals surface area contributed by atoms with E-state index in [0.29, 0.717) is 0 Å². The number of methoxy groups -OCH3 is 1. The highest BCUT2D eigenvalue weighted by Gasteiger charge is 2.16. The summed E-state index contributed by atoms with van der Waals surface area (Å²) in [5, 5.41) is 4.26. The van der Waals surface area contributed by atoms with Crippen LogP contribution >= 0.6 is 11.6 Å². The predicted octanol–water partition coefficient (Wildman–Crippen LogP) is 3.49. The van der Waals surface area contributed by atoms with Gasteiger partial charge < -0.3 is 10.1 Å². The van der Waals surface area contributed by atoms with E-state index in [0.717, 1.165) is 31.1 Å². The molecule has 2 nitrogen and oxygen atoms in total. The van der Waals surface area contributed by atoms with Crippen molar-refractivity contribution in [3.63, 3.8) is 0 Å². The van der Waals surface area contributed by atoms with Crippen molar-refractivity contribution in [1.82, 2.24) is 5.32 Å². The Morgan fingerprint density at radius 1 is 1.24 bits per heavy atom. The van der Waals surface area contributed by atoms with Crippen LogP contribution in [0.2, 0.25) is 5.02 Å². The Hall–Kier alpha value is -0.570. The summed E-state index contributed by atoms with van der Waals surface area (Å²) in [4.78, 5) is 0. The molecular formula is C14H22ClNO. The quantitative estimate of drug-likeness (QED) is 0.805. The monoisotopic (exact) mass is 255 g/mol. The zero-order valence-electron chi connectivity index (χ0n) is 10.9. The first kappa shape index (κ1) is 14.5. The van der Waals surface area contributed by atoms with Crippen molar-refractivity contribution in [2.24, 2.45) is 5.41 Å². The van der Waals surface area contributed by atoms with Gasteiger partial charge in [0.15, 0.2) is 0 Å². The van der Waals surface area contributed by atoms with Gasteiger partial charge in [-0.25, -0.2) is 0 Å². The van der Waals surface area contributed by atoms with E-state index in [-0.39, 0.29) is 5.41 Å². The Labute approximate surface area is 109 Å². The second-order valence-electron chi connectivity index (χ2n) is 5.14. The molecule has 96 valence electrons. The van der Waals surface area contributed by atoms with E-state index < -0.39 is 0 Å². The topological polar surface area (TPSA) is 21.3 Å². The van der Waals surface area contributed by atoms with E-state index in [1.165, 1.54) is 5.56 Å². The third-order valence-corrected chi connectivity index (χ3v) is 3.08. The minimum absolute atomic E-state index is 0.266. The fourth-order valence-electron chi connectivity index (χ4n) is 1.61. The molecule has 0 atom stereocenters. The molecule has 0 bridgehead atoms. The number of halogens is 1. The van der Waals surface area contributed by atoms with E-state index in [1.807, 2.05) is 12.1 Å². The first-order valence-corrected chi connectivity index (χ1v) is 6.35. The number of nitrogens with one attached hydrogen (secondary N) is 1. The van der Waals surface area contributed by atoms with Crippen LogP contribution in [0.5, 0.6) is 0 Å². The van der Waals surface area contributed by atoms with Gasteiger partial charge in [-0.3, -0.25) is 0 Å². The van der Waals surface area contributed by atoms with Gasteiger partial charge in [0.1, 0.15) is 0 Å². The lowest BCUT2D eigenvalue weighted by atomic mass is 9.89. The van der Waals surface area contributed by atoms with E-state index in [4.69, 9.17) is 16.3 Å². The van der Waals surface area contributed by atoms with Gasteiger partial charge in [-0.05, 0) is 29.5 Å². The predicted molar refractivity (Wildman–Crippen MR) is 73.4 cm³/mol. The highest BCUT2D eigenvalue weighted by Crippen LogP contribution is 2.19. The lowest BCUT2D eigenvalue weighted by molar-refractivity contribution is 0.150. The Balaban J connectivity index is 2.29. The number of benzene rings is 1. The molecule has 1 N–H and O–H groups in total. The normalized spacial score (nSPS) is 11.8. The van der Waals surface area contributed by atoms with Crippen molar-refractivity contribution in [3.8, 4) is 0 Å². The molecule has 1 rings (SSSR count). The second-order valence-corrected chi connectivity index (χ2v) is 5.57. The summed E-state index contributed by atoms with van der Waals surface area (Å²) in [6.07, 6.45) is 1.07. The van der Waals surface area contributed by atoms with Gasteiger partial charge in [-0.2, -0.15) is 0 Å². The van der Waals surface area contributed by atoms with E-state index >= 15 is 0 Å². The van der Waals surface area contributed by atoms with Gasteiger partial charge in [0.05, 0.1) is 0 Å². The molecule has 0 aliphatic carbocycles. The van der Waals surface area contributed by atoms with Crippen molar-refractivity contribution in [2.45, 2.75) is 26.8 Å². The average molecular weight is 256 g/mol. The maximum Gasteiger partial charge on any atom is 0.0467 e. The molecule has 0 aliphatic heterocycles. The van der Waals surface area contributed by atoms with Crippen LogP contribution in [0.15, 0.2) is 24.3 Å². The summed E-state index contributed by atoms with van der Waals surface area (Å²) in [5.74, 6) is 0. The Bertz CT molecular complexity index is 321. The number of ether oxygens (including phenoxy) is 1. The molecule has 0 unspecified atom stereocenters. The van der Waals surface area contributed by atoms with Crippen molar-refractivity contribution in [3.05, 3.63) is 34.9 Å². The maximum atomic E-state index is 5.84. The fraction of sp³-hybridized carbons (Fsp3) is 0.571. The molecule has 0 saturated carbocycles. The molecule has 0 saturated heterocycles. The van der Waals surface area contributed by atoms with Crippen LogP contribution in [0.1, 0.15) is 25.8 Å². The van der Waals surface area contributed by atoms with Crippen LogP contribution in [0.3, 0.4) is 0 Å². The van der Waals surface area contributed by atoms with Gasteiger partial charge in [-0.1, -0.05) is 37.6 Å². The van der Waals surface area contributed by atoms with E-state index in [9.17, 15) is 0 Å². The minimum Gasteiger partial charge on any atom is -0.385 e. The largest absolute Gasteiger partial charge is 0.385 e. The third kappa shape index (κ3) is 6.06. The molecule has 0 amide bonds. The Morgan fingerprint density at radius 2 is 1.88 bits per heavy atom. The molecule has 17 heavy (non-hydrogen) atoms. The molecule has 1 aromatic carbocycles. The SMILES string of the molecule is COCCC(C)(C)CNCc1ccc(Cl)cc1. The lowest BCUT2D eigenvalue weighted by Crippen LogP contribution is -2.30. The highest BCUT2D eigenvalue weighted by molar-refractivity contribution is 6.30. The van der Waals surface area contributed by atoms with Crippen LogP contribution < -0.4 is 5.32 Å². The van der Waals surface area contributed by atoms with Crippen molar-refractivity contribution < 1.29 is 4.74 Å². The van der Waals surface area contributed by atoms with Gasteiger partial charge in [0, 0.05) is 31.8 Å². The lowest BCUT2D eigenvalue weighted by Gasteiger charge is -2.24. The molecule has 0 aromatic heterocycles. The zero-order chi connectivity index (χ0) is 12.7. The molecule has 0 aliphatic rings. The molecule has 0 fully saturated rings. The van der Waals surface area contributed by atoms with Crippen LogP contribution in [-0.4, -0.2) is 20.3 Å². The summed E-state index contributed by atoms with van der Waals surface area (Å²) in [5.41, 5.74) is 1.53. The standard InChI is InChI=1S/C14H22ClNO/c1-14(2,8-9-17-3)11-16-10-12-4-6-13(15)7-5-12/h4-7,16H,8-11H2,1-3H3. The summed E-state index contributed by atoms with van der Waals surface area (Å²) in [6, 6.07) is 7.96. The second kappa shape index (κ2) is 7.00. The molecular weight excluding hydrogens is 234 g/mol. The van der Waals surface area contributed by atoms with E-state index in [2.05, 4.69) is 31.3 Å². The average Bonchev–Trinajstić information content (AvgIpc) is 2.29. The van der Waals surface area contributed by atoms with Crippen molar-refractivity contribution >= 4 is 11.6 Å². The molecule has 3 heteroatoms. The fourth-order valence-corrected chi connectivity index (χ4v) is 1.74. The van der Waals surface area contributed by atoms with Crippen LogP contribution in [0.25, 0.3) is 0 Å². The molecule has 0 radical (unpaired) electrons. The van der Waals surface area contributed by atoms with Crippen molar-refractivity contribution in [1.29, 1.82) is 0 Å². The number of rotatable bonds is 7. The molecule has 0 spiro atoms. The van der Waals surface area contributed by atoms with Crippen molar-refractivity contribution in [2.75, 3.05) is 20.3 Å². The molecule has 0 heterocycles. The van der Waals surface area contributed by atoms with Gasteiger partial charge >= 0.3 is 0 Å². The van der Waals surface area contributed by atoms with E-state index in [1.54, 1.807) is 7.11 Å². The van der Waals surface area contributed by atoms with Crippen LogP contribution in [0, 0.1) is 5.41 Å². The van der Waals surface area contributed by atoms with Crippen LogP contribution in [0.4, 0.5) is 0 Å². The zero-order valence-corrected chi connectivity index (χ0v) is 11.7. The highest BCUT2D eigenvalue weighted by atomic mass is 35.5. The number of hydrogen-bond acceptors (Lipinski definition) is 2. The smallest absolute Gasteiger partial charge is 0.0467 e.